The molecular formula is C36H34N4. The van der Waals surface area contributed by atoms with E-state index in [0.717, 1.165) is 27.5 Å². The Morgan fingerprint density at radius 2 is 1.25 bits per heavy atom. The highest BCUT2D eigenvalue weighted by molar-refractivity contribution is 5.98. The van der Waals surface area contributed by atoms with Crippen LogP contribution in [0, 0.1) is 5.41 Å². The summed E-state index contributed by atoms with van der Waals surface area (Å²) in [5.74, 6) is 2.05. The van der Waals surface area contributed by atoms with Crippen LogP contribution in [0.1, 0.15) is 32.3 Å². The molecule has 0 N–H and O–H groups in total. The number of rotatable bonds is 9. The number of hydrogen-bond acceptors (Lipinski definition) is 4. The monoisotopic (exact) mass is 522 g/mol. The largest absolute Gasteiger partial charge is 0.289 e. The zero-order valence-electron chi connectivity index (χ0n) is 23.3. The van der Waals surface area contributed by atoms with Gasteiger partial charge in [-0.05, 0) is 29.2 Å². The smallest absolute Gasteiger partial charge is 0.164 e. The molecule has 1 aromatic heterocycles. The van der Waals surface area contributed by atoms with Crippen LogP contribution in [0.4, 0.5) is 0 Å². The van der Waals surface area contributed by atoms with Gasteiger partial charge in [0.05, 0.1) is 6.04 Å². The maximum Gasteiger partial charge on any atom is 0.164 e. The van der Waals surface area contributed by atoms with E-state index in [2.05, 4.69) is 70.3 Å². The van der Waals surface area contributed by atoms with Gasteiger partial charge in [-0.1, -0.05) is 130 Å². The van der Waals surface area contributed by atoms with Gasteiger partial charge < -0.3 is 0 Å². The summed E-state index contributed by atoms with van der Waals surface area (Å²) in [6.45, 7) is 14.6. The molecule has 1 unspecified atom stereocenters. The average molecular weight is 523 g/mol. The van der Waals surface area contributed by atoms with Crippen LogP contribution in [0.2, 0.25) is 0 Å². The first-order valence-electron chi connectivity index (χ1n) is 13.6. The molecule has 5 rings (SSSR count). The first kappa shape index (κ1) is 26.9. The van der Waals surface area contributed by atoms with Gasteiger partial charge >= 0.3 is 0 Å². The molecule has 0 spiro atoms. The SMILES string of the molecule is C=CC=N[C@H](C)[C@@](C)(C=C)C(C)c1cccc2cccc(-c3nc(-c4ccccc4)nc(-c4ccccc4)n3)c12. The van der Waals surface area contributed by atoms with Crippen molar-refractivity contribution in [3.05, 3.63) is 128 Å². The van der Waals surface area contributed by atoms with Crippen LogP contribution in [-0.2, 0) is 0 Å². The van der Waals surface area contributed by atoms with E-state index in [1.165, 1.54) is 5.56 Å². The Hall–Kier alpha value is -4.70. The van der Waals surface area contributed by atoms with E-state index in [4.69, 9.17) is 19.9 Å². The summed E-state index contributed by atoms with van der Waals surface area (Å²) >= 11 is 0. The fourth-order valence-electron chi connectivity index (χ4n) is 5.24. The minimum atomic E-state index is -0.301. The molecule has 0 radical (unpaired) electrons. The standard InChI is InChI=1S/C36H34N4/c1-6-24-37-26(4)36(5,7-2)25(3)30-22-14-20-27-21-15-23-31(32(27)30)35-39-33(28-16-10-8-11-17-28)38-34(40-35)29-18-12-9-13-19-29/h6-26H,1-2H2,3-5H3/t25?,26-,36+/m1/s1. The number of allylic oxidation sites excluding steroid dienone is 1. The molecule has 40 heavy (non-hydrogen) atoms. The lowest BCUT2D eigenvalue weighted by molar-refractivity contribution is 0.300. The lowest BCUT2D eigenvalue weighted by Gasteiger charge is -2.37. The summed E-state index contributed by atoms with van der Waals surface area (Å²) < 4.78 is 0. The maximum atomic E-state index is 5.03. The van der Waals surface area contributed by atoms with Crippen molar-refractivity contribution in [3.63, 3.8) is 0 Å². The molecular weight excluding hydrogens is 488 g/mol. The van der Waals surface area contributed by atoms with Crippen molar-refractivity contribution >= 4 is 17.0 Å². The predicted octanol–water partition coefficient (Wildman–Crippen LogP) is 8.97. The third kappa shape index (κ3) is 5.13. The van der Waals surface area contributed by atoms with Crippen molar-refractivity contribution in [2.75, 3.05) is 0 Å². The molecule has 1 heterocycles. The number of nitrogens with zero attached hydrogens (tertiary/aromatic N) is 4. The van der Waals surface area contributed by atoms with E-state index in [0.29, 0.717) is 17.5 Å². The molecule has 0 amide bonds. The Balaban J connectivity index is 1.75. The summed E-state index contributed by atoms with van der Waals surface area (Å²) in [6, 6.07) is 33.0. The highest BCUT2D eigenvalue weighted by atomic mass is 15.0. The van der Waals surface area contributed by atoms with Crippen LogP contribution in [0.5, 0.6) is 0 Å². The highest BCUT2D eigenvalue weighted by Gasteiger charge is 2.36. The van der Waals surface area contributed by atoms with Crippen molar-refractivity contribution in [2.24, 2.45) is 10.4 Å². The molecule has 0 fully saturated rings. The van der Waals surface area contributed by atoms with E-state index in [-0.39, 0.29) is 17.4 Å². The maximum absolute atomic E-state index is 5.03. The van der Waals surface area contributed by atoms with Gasteiger partial charge in [0.2, 0.25) is 0 Å². The van der Waals surface area contributed by atoms with Crippen LogP contribution in [0.3, 0.4) is 0 Å². The molecule has 3 atom stereocenters. The molecule has 0 saturated heterocycles. The van der Waals surface area contributed by atoms with E-state index >= 15 is 0 Å². The Morgan fingerprint density at radius 3 is 1.80 bits per heavy atom. The third-order valence-corrected chi connectivity index (χ3v) is 8.03. The van der Waals surface area contributed by atoms with E-state index in [1.807, 2.05) is 66.7 Å². The fraction of sp³-hybridized carbons (Fsp3) is 0.167. The second-order valence-electron chi connectivity index (χ2n) is 10.3. The molecule has 0 aliphatic rings. The van der Waals surface area contributed by atoms with Gasteiger partial charge in [0.25, 0.3) is 0 Å². The Bertz CT molecular complexity index is 1610. The highest BCUT2D eigenvalue weighted by Crippen LogP contribution is 2.45. The zero-order chi connectivity index (χ0) is 28.1. The Kier molecular flexibility index (Phi) is 7.79. The van der Waals surface area contributed by atoms with Crippen molar-refractivity contribution in [1.82, 2.24) is 15.0 Å². The fourth-order valence-corrected chi connectivity index (χ4v) is 5.24. The van der Waals surface area contributed by atoms with Gasteiger partial charge in [-0.3, -0.25) is 4.99 Å². The van der Waals surface area contributed by atoms with Crippen molar-refractivity contribution in [3.8, 4) is 34.2 Å². The van der Waals surface area contributed by atoms with Crippen molar-refractivity contribution in [1.29, 1.82) is 0 Å². The predicted molar refractivity (Wildman–Crippen MR) is 169 cm³/mol. The summed E-state index contributed by atoms with van der Waals surface area (Å²) in [6.07, 6.45) is 5.53. The number of benzene rings is 4. The lowest BCUT2D eigenvalue weighted by atomic mass is 9.69. The number of fused-ring (bicyclic) bond motifs is 1. The van der Waals surface area contributed by atoms with E-state index in [9.17, 15) is 0 Å². The molecule has 198 valence electrons. The third-order valence-electron chi connectivity index (χ3n) is 8.03. The van der Waals surface area contributed by atoms with E-state index < -0.39 is 0 Å². The second-order valence-corrected chi connectivity index (χ2v) is 10.3. The molecule has 0 bridgehead atoms. The van der Waals surface area contributed by atoms with Crippen LogP contribution in [0.25, 0.3) is 44.9 Å². The van der Waals surface area contributed by atoms with E-state index in [1.54, 1.807) is 12.3 Å². The van der Waals surface area contributed by atoms with Gasteiger partial charge in [-0.25, -0.2) is 15.0 Å². The van der Waals surface area contributed by atoms with Crippen molar-refractivity contribution in [2.45, 2.75) is 32.7 Å². The summed E-state index contributed by atoms with van der Waals surface area (Å²) in [5.41, 5.74) is 3.78. The summed E-state index contributed by atoms with van der Waals surface area (Å²) in [4.78, 5) is 19.7. The quantitative estimate of drug-likeness (QED) is 0.143. The zero-order valence-corrected chi connectivity index (χ0v) is 23.3. The van der Waals surface area contributed by atoms with Crippen molar-refractivity contribution < 1.29 is 0 Å². The Labute approximate surface area is 236 Å². The molecule has 4 heteroatoms. The minimum absolute atomic E-state index is 0.00644. The lowest BCUT2D eigenvalue weighted by Crippen LogP contribution is -2.32. The minimum Gasteiger partial charge on any atom is -0.289 e. The van der Waals surface area contributed by atoms with Gasteiger partial charge in [-0.15, -0.1) is 6.58 Å². The molecule has 4 nitrogen and oxygen atoms in total. The topological polar surface area (TPSA) is 51.0 Å². The Morgan fingerprint density at radius 1 is 0.700 bits per heavy atom. The van der Waals surface area contributed by atoms with Crippen LogP contribution in [-0.4, -0.2) is 27.2 Å². The number of aromatic nitrogens is 3. The molecule has 0 aliphatic carbocycles. The molecule has 0 saturated carbocycles. The average Bonchev–Trinajstić information content (AvgIpc) is 3.02. The summed E-state index contributed by atoms with van der Waals surface area (Å²) in [5, 5.41) is 2.27. The first-order valence-corrected chi connectivity index (χ1v) is 13.6. The molecule has 5 aromatic rings. The van der Waals surface area contributed by atoms with Gasteiger partial charge in [0.1, 0.15) is 0 Å². The van der Waals surface area contributed by atoms with Gasteiger partial charge in [0.15, 0.2) is 17.5 Å². The normalized spacial score (nSPS) is 14.5. The van der Waals surface area contributed by atoms with Crippen LogP contribution >= 0.6 is 0 Å². The van der Waals surface area contributed by atoms with Gasteiger partial charge in [-0.2, -0.15) is 0 Å². The summed E-state index contributed by atoms with van der Waals surface area (Å²) in [7, 11) is 0. The van der Waals surface area contributed by atoms with Crippen LogP contribution in [0.15, 0.2) is 127 Å². The molecule has 0 aliphatic heterocycles. The second kappa shape index (κ2) is 11.6. The first-order chi connectivity index (χ1) is 19.5. The number of hydrogen-bond donors (Lipinski definition) is 0. The van der Waals surface area contributed by atoms with Gasteiger partial charge in [0, 0.05) is 28.3 Å². The molecule has 4 aromatic carbocycles. The number of aliphatic imine (C=N–C) groups is 1. The van der Waals surface area contributed by atoms with Crippen LogP contribution < -0.4 is 0 Å².